The summed E-state index contributed by atoms with van der Waals surface area (Å²) in [6, 6.07) is 14.5. The number of piperidine rings is 1. The van der Waals surface area contributed by atoms with Gasteiger partial charge in [-0.3, -0.25) is 4.79 Å². The Morgan fingerprint density at radius 3 is 2.37 bits per heavy atom. The van der Waals surface area contributed by atoms with Crippen LogP contribution in [0.4, 0.5) is 0 Å². The van der Waals surface area contributed by atoms with Crippen LogP contribution in [0.3, 0.4) is 0 Å². The molecule has 2 aromatic rings. The lowest BCUT2D eigenvalue weighted by Gasteiger charge is -2.31. The van der Waals surface area contributed by atoms with Gasteiger partial charge in [0.2, 0.25) is 15.9 Å². The first-order chi connectivity index (χ1) is 14.3. The zero-order chi connectivity index (χ0) is 21.7. The van der Waals surface area contributed by atoms with Gasteiger partial charge in [-0.05, 0) is 57.4 Å². The lowest BCUT2D eigenvalue weighted by Crippen LogP contribution is -2.45. The summed E-state index contributed by atoms with van der Waals surface area (Å²) in [5, 5.41) is 3.00. The zero-order valence-corrected chi connectivity index (χ0v) is 18.6. The van der Waals surface area contributed by atoms with Crippen LogP contribution < -0.4 is 10.1 Å². The van der Waals surface area contributed by atoms with E-state index in [1.165, 1.54) is 4.31 Å². The second kappa shape index (κ2) is 9.62. The number of para-hydroxylation sites is 1. The van der Waals surface area contributed by atoms with Gasteiger partial charge in [0, 0.05) is 19.0 Å². The summed E-state index contributed by atoms with van der Waals surface area (Å²) in [6.45, 7) is 6.90. The Balaban J connectivity index is 1.49. The number of aryl methyl sites for hydroxylation is 2. The third-order valence-corrected chi connectivity index (χ3v) is 7.37. The number of hydrogen-bond donors (Lipinski definition) is 1. The number of carbonyl (C=O) groups excluding carboxylic acids is 1. The maximum absolute atomic E-state index is 12.8. The van der Waals surface area contributed by atoms with Gasteiger partial charge < -0.3 is 10.1 Å². The fourth-order valence-corrected chi connectivity index (χ4v) is 5.02. The highest BCUT2D eigenvalue weighted by molar-refractivity contribution is 7.89. The smallest absolute Gasteiger partial charge is 0.243 e. The summed E-state index contributed by atoms with van der Waals surface area (Å²) in [4.78, 5) is 12.9. The van der Waals surface area contributed by atoms with Gasteiger partial charge in [-0.15, -0.1) is 0 Å². The first kappa shape index (κ1) is 22.3. The maximum atomic E-state index is 12.8. The van der Waals surface area contributed by atoms with E-state index in [4.69, 9.17) is 4.74 Å². The fraction of sp³-hybridized carbons (Fsp3) is 0.435. The van der Waals surface area contributed by atoms with Gasteiger partial charge in [-0.1, -0.05) is 35.9 Å². The molecule has 0 aliphatic carbocycles. The predicted octanol–water partition coefficient (Wildman–Crippen LogP) is 3.29. The van der Waals surface area contributed by atoms with Crippen LogP contribution in [-0.2, 0) is 14.8 Å². The highest BCUT2D eigenvalue weighted by Gasteiger charge is 2.32. The van der Waals surface area contributed by atoms with Crippen LogP contribution in [-0.4, -0.2) is 44.4 Å². The fourth-order valence-electron chi connectivity index (χ4n) is 3.55. The second-order valence-corrected chi connectivity index (χ2v) is 9.92. The summed E-state index contributed by atoms with van der Waals surface area (Å²) >= 11 is 0. The zero-order valence-electron chi connectivity index (χ0n) is 17.8. The van der Waals surface area contributed by atoms with Crippen LogP contribution in [0.1, 0.15) is 30.9 Å². The molecule has 1 aliphatic rings. The van der Waals surface area contributed by atoms with Crippen LogP contribution in [0.5, 0.6) is 5.75 Å². The van der Waals surface area contributed by atoms with Crippen molar-refractivity contribution in [3.63, 3.8) is 0 Å². The van der Waals surface area contributed by atoms with Crippen molar-refractivity contribution in [2.75, 3.05) is 19.7 Å². The third-order valence-electron chi connectivity index (χ3n) is 5.45. The lowest BCUT2D eigenvalue weighted by molar-refractivity contribution is -0.126. The average molecular weight is 431 g/mol. The molecule has 0 spiro atoms. The Labute approximate surface area is 179 Å². The van der Waals surface area contributed by atoms with E-state index in [1.54, 1.807) is 24.3 Å². The van der Waals surface area contributed by atoms with Crippen molar-refractivity contribution in [2.24, 2.45) is 5.92 Å². The molecular weight excluding hydrogens is 400 g/mol. The number of hydrogen-bond acceptors (Lipinski definition) is 4. The van der Waals surface area contributed by atoms with Gasteiger partial charge in [0.05, 0.1) is 10.9 Å². The molecule has 30 heavy (non-hydrogen) atoms. The van der Waals surface area contributed by atoms with Gasteiger partial charge in [-0.2, -0.15) is 4.31 Å². The highest BCUT2D eigenvalue weighted by Crippen LogP contribution is 2.24. The molecule has 0 saturated carbocycles. The molecule has 1 aliphatic heterocycles. The standard InChI is InChI=1S/C23H30N2O4S/c1-17-8-10-21(11-9-17)30(27,28)25-14-12-20(13-15-25)23(26)24-19(3)16-29-22-7-5-4-6-18(22)2/h4-11,19-20H,12-16H2,1-3H3,(H,24,26). The number of nitrogens with zero attached hydrogens (tertiary/aromatic N) is 1. The molecule has 0 radical (unpaired) electrons. The number of benzene rings is 2. The number of rotatable bonds is 7. The Morgan fingerprint density at radius 1 is 1.10 bits per heavy atom. The molecule has 3 rings (SSSR count). The monoisotopic (exact) mass is 430 g/mol. The van der Waals surface area contributed by atoms with Crippen molar-refractivity contribution in [3.05, 3.63) is 59.7 Å². The van der Waals surface area contributed by atoms with E-state index in [9.17, 15) is 13.2 Å². The van der Waals surface area contributed by atoms with Crippen molar-refractivity contribution >= 4 is 15.9 Å². The maximum Gasteiger partial charge on any atom is 0.243 e. The lowest BCUT2D eigenvalue weighted by atomic mass is 9.97. The molecule has 1 heterocycles. The summed E-state index contributed by atoms with van der Waals surface area (Å²) in [5.74, 6) is 0.590. The summed E-state index contributed by atoms with van der Waals surface area (Å²) in [6.07, 6.45) is 1.03. The predicted molar refractivity (Wildman–Crippen MR) is 117 cm³/mol. The second-order valence-electron chi connectivity index (χ2n) is 7.98. The van der Waals surface area contributed by atoms with Crippen LogP contribution in [0.15, 0.2) is 53.4 Å². The highest BCUT2D eigenvalue weighted by atomic mass is 32.2. The van der Waals surface area contributed by atoms with E-state index >= 15 is 0 Å². The summed E-state index contributed by atoms with van der Waals surface area (Å²) < 4.78 is 32.9. The molecule has 6 nitrogen and oxygen atoms in total. The van der Waals surface area contributed by atoms with E-state index in [1.807, 2.05) is 45.0 Å². The Morgan fingerprint density at radius 2 is 1.73 bits per heavy atom. The summed E-state index contributed by atoms with van der Waals surface area (Å²) in [7, 11) is -3.51. The molecule has 1 N–H and O–H groups in total. The normalized spacial score (nSPS) is 16.8. The van der Waals surface area contributed by atoms with Crippen LogP contribution in [0, 0.1) is 19.8 Å². The number of carbonyl (C=O) groups is 1. The molecule has 1 unspecified atom stereocenters. The van der Waals surface area contributed by atoms with Crippen molar-refractivity contribution < 1.29 is 17.9 Å². The van der Waals surface area contributed by atoms with Crippen molar-refractivity contribution in [2.45, 2.75) is 44.6 Å². The molecule has 7 heteroatoms. The SMILES string of the molecule is Cc1ccc(S(=O)(=O)N2CCC(C(=O)NC(C)COc3ccccc3C)CC2)cc1. The van der Waals surface area contributed by atoms with Gasteiger partial charge >= 0.3 is 0 Å². The van der Waals surface area contributed by atoms with E-state index in [0.29, 0.717) is 37.4 Å². The number of amides is 1. The quantitative estimate of drug-likeness (QED) is 0.731. The molecule has 1 saturated heterocycles. The largest absolute Gasteiger partial charge is 0.491 e. The first-order valence-corrected chi connectivity index (χ1v) is 11.8. The molecule has 1 atom stereocenters. The molecule has 0 aromatic heterocycles. The van der Waals surface area contributed by atoms with Crippen molar-refractivity contribution in [1.29, 1.82) is 0 Å². The van der Waals surface area contributed by atoms with Gasteiger partial charge in [-0.25, -0.2) is 8.42 Å². The third kappa shape index (κ3) is 5.40. The molecule has 0 bridgehead atoms. The van der Waals surface area contributed by atoms with Gasteiger partial charge in [0.15, 0.2) is 0 Å². The molecule has 2 aromatic carbocycles. The molecule has 1 fully saturated rings. The Bertz CT molecular complexity index is 965. The Hall–Kier alpha value is -2.38. The van der Waals surface area contributed by atoms with Gasteiger partial charge in [0.25, 0.3) is 0 Å². The van der Waals surface area contributed by atoms with E-state index in [-0.39, 0.29) is 17.9 Å². The number of nitrogens with one attached hydrogen (secondary N) is 1. The van der Waals surface area contributed by atoms with Gasteiger partial charge in [0.1, 0.15) is 12.4 Å². The van der Waals surface area contributed by atoms with E-state index in [0.717, 1.165) is 16.9 Å². The Kier molecular flexibility index (Phi) is 7.15. The number of ether oxygens (including phenoxy) is 1. The van der Waals surface area contributed by atoms with E-state index in [2.05, 4.69) is 5.32 Å². The van der Waals surface area contributed by atoms with Crippen molar-refractivity contribution in [1.82, 2.24) is 9.62 Å². The number of sulfonamides is 1. The van der Waals surface area contributed by atoms with Crippen LogP contribution in [0.2, 0.25) is 0 Å². The molecule has 162 valence electrons. The first-order valence-electron chi connectivity index (χ1n) is 10.3. The average Bonchev–Trinajstić information content (AvgIpc) is 2.73. The minimum atomic E-state index is -3.51. The topological polar surface area (TPSA) is 75.7 Å². The minimum absolute atomic E-state index is 0.0386. The molecular formula is C23H30N2O4S. The molecule has 1 amide bonds. The van der Waals surface area contributed by atoms with Crippen LogP contribution >= 0.6 is 0 Å². The van der Waals surface area contributed by atoms with E-state index < -0.39 is 10.0 Å². The minimum Gasteiger partial charge on any atom is -0.491 e. The van der Waals surface area contributed by atoms with Crippen molar-refractivity contribution in [3.8, 4) is 5.75 Å². The van der Waals surface area contributed by atoms with Crippen LogP contribution in [0.25, 0.3) is 0 Å². The summed E-state index contributed by atoms with van der Waals surface area (Å²) in [5.41, 5.74) is 2.07.